The van der Waals surface area contributed by atoms with Crippen LogP contribution in [0.15, 0.2) is 12.4 Å². The van der Waals surface area contributed by atoms with Gasteiger partial charge in [-0.25, -0.2) is 9.97 Å². The Morgan fingerprint density at radius 3 is 2.56 bits per heavy atom. The van der Waals surface area contributed by atoms with Crippen molar-refractivity contribution in [1.82, 2.24) is 15.3 Å². The quantitative estimate of drug-likeness (QED) is 0.797. The lowest BCUT2D eigenvalue weighted by molar-refractivity contribution is 0.551. The van der Waals surface area contributed by atoms with E-state index in [-0.39, 0.29) is 0 Å². The second kappa shape index (κ2) is 5.39. The van der Waals surface area contributed by atoms with Gasteiger partial charge in [-0.3, -0.25) is 0 Å². The van der Waals surface area contributed by atoms with Crippen molar-refractivity contribution in [3.63, 3.8) is 0 Å². The van der Waals surface area contributed by atoms with Crippen molar-refractivity contribution in [3.8, 4) is 0 Å². The van der Waals surface area contributed by atoms with Crippen LogP contribution in [0.3, 0.4) is 0 Å². The first kappa shape index (κ1) is 11.5. The van der Waals surface area contributed by atoms with Crippen LogP contribution in [0.5, 0.6) is 0 Å². The molecule has 0 aliphatic heterocycles. The Morgan fingerprint density at radius 1 is 1.31 bits per heavy atom. The highest BCUT2D eigenvalue weighted by Gasteiger charge is 2.22. The summed E-state index contributed by atoms with van der Waals surface area (Å²) in [6.07, 6.45) is 7.71. The van der Waals surface area contributed by atoms with Crippen LogP contribution in [-0.4, -0.2) is 16.5 Å². The molecular weight excluding hydrogens is 198 g/mol. The summed E-state index contributed by atoms with van der Waals surface area (Å²) >= 11 is 0. The Kier molecular flexibility index (Phi) is 3.88. The van der Waals surface area contributed by atoms with Crippen molar-refractivity contribution in [2.45, 2.75) is 39.7 Å². The van der Waals surface area contributed by atoms with Gasteiger partial charge in [0.1, 0.15) is 5.82 Å². The fourth-order valence-electron chi connectivity index (χ4n) is 1.66. The van der Waals surface area contributed by atoms with Crippen LogP contribution in [0.2, 0.25) is 0 Å². The third kappa shape index (κ3) is 3.89. The fourth-order valence-corrected chi connectivity index (χ4v) is 1.66. The van der Waals surface area contributed by atoms with Crippen molar-refractivity contribution in [2.24, 2.45) is 11.8 Å². The van der Waals surface area contributed by atoms with Gasteiger partial charge in [-0.2, -0.15) is 0 Å². The van der Waals surface area contributed by atoms with Crippen molar-refractivity contribution in [3.05, 3.63) is 23.8 Å². The molecule has 1 saturated carbocycles. The minimum absolute atomic E-state index is 0.690. The van der Waals surface area contributed by atoms with E-state index in [4.69, 9.17) is 0 Å². The maximum absolute atomic E-state index is 4.41. The van der Waals surface area contributed by atoms with Crippen LogP contribution in [0.4, 0.5) is 0 Å². The van der Waals surface area contributed by atoms with Crippen molar-refractivity contribution < 1.29 is 0 Å². The predicted octanol–water partition coefficient (Wildman–Crippen LogP) is 2.17. The molecule has 1 aromatic rings. The summed E-state index contributed by atoms with van der Waals surface area (Å²) in [7, 11) is 0. The van der Waals surface area contributed by atoms with E-state index < -0.39 is 0 Å². The van der Waals surface area contributed by atoms with Crippen LogP contribution in [0.1, 0.15) is 38.1 Å². The van der Waals surface area contributed by atoms with E-state index in [2.05, 4.69) is 29.1 Å². The molecule has 16 heavy (non-hydrogen) atoms. The third-order valence-corrected chi connectivity index (χ3v) is 2.81. The van der Waals surface area contributed by atoms with Gasteiger partial charge < -0.3 is 5.32 Å². The standard InChI is InChI=1S/C13H21N3/c1-10(2)6-14-7-12-8-15-13(16-9-12)5-11-3-4-11/h8-11,14H,3-7H2,1-2H3. The maximum atomic E-state index is 4.41. The van der Waals surface area contributed by atoms with Crippen LogP contribution in [0.25, 0.3) is 0 Å². The molecule has 1 N–H and O–H groups in total. The molecule has 1 heterocycles. The van der Waals surface area contributed by atoms with Crippen LogP contribution in [-0.2, 0) is 13.0 Å². The highest BCUT2D eigenvalue weighted by atomic mass is 14.9. The fraction of sp³-hybridized carbons (Fsp3) is 0.692. The van der Waals surface area contributed by atoms with Gasteiger partial charge >= 0.3 is 0 Å². The number of hydrogen-bond acceptors (Lipinski definition) is 3. The molecule has 3 nitrogen and oxygen atoms in total. The van der Waals surface area contributed by atoms with Gasteiger partial charge in [-0.05, 0) is 31.2 Å². The zero-order valence-electron chi connectivity index (χ0n) is 10.2. The van der Waals surface area contributed by atoms with Gasteiger partial charge in [0, 0.05) is 30.9 Å². The van der Waals surface area contributed by atoms with Crippen molar-refractivity contribution in [2.75, 3.05) is 6.54 Å². The number of hydrogen-bond donors (Lipinski definition) is 1. The summed E-state index contributed by atoms with van der Waals surface area (Å²) in [4.78, 5) is 8.81. The molecule has 0 atom stereocenters. The summed E-state index contributed by atoms with van der Waals surface area (Å²) in [5, 5.41) is 3.39. The lowest BCUT2D eigenvalue weighted by Gasteiger charge is -2.07. The highest BCUT2D eigenvalue weighted by molar-refractivity contribution is 5.05. The van der Waals surface area contributed by atoms with E-state index in [1.165, 1.54) is 18.4 Å². The van der Waals surface area contributed by atoms with E-state index in [1.54, 1.807) is 0 Å². The summed E-state index contributed by atoms with van der Waals surface area (Å²) in [5.41, 5.74) is 1.18. The minimum atomic E-state index is 0.690. The summed E-state index contributed by atoms with van der Waals surface area (Å²) in [6, 6.07) is 0. The van der Waals surface area contributed by atoms with E-state index in [1.807, 2.05) is 12.4 Å². The lowest BCUT2D eigenvalue weighted by atomic mass is 10.2. The zero-order chi connectivity index (χ0) is 11.4. The summed E-state index contributed by atoms with van der Waals surface area (Å²) < 4.78 is 0. The van der Waals surface area contributed by atoms with E-state index in [0.717, 1.165) is 31.3 Å². The molecular formula is C13H21N3. The molecule has 0 aromatic carbocycles. The number of aromatic nitrogens is 2. The molecule has 0 bridgehead atoms. The van der Waals surface area contributed by atoms with Crippen LogP contribution >= 0.6 is 0 Å². The normalized spacial score (nSPS) is 15.7. The largest absolute Gasteiger partial charge is 0.312 e. The van der Waals surface area contributed by atoms with Gasteiger partial charge in [0.15, 0.2) is 0 Å². The topological polar surface area (TPSA) is 37.8 Å². The second-order valence-electron chi connectivity index (χ2n) is 5.18. The average Bonchev–Trinajstić information content (AvgIpc) is 3.04. The molecule has 0 radical (unpaired) electrons. The summed E-state index contributed by atoms with van der Waals surface area (Å²) in [5.74, 6) is 2.56. The van der Waals surface area contributed by atoms with Gasteiger partial charge in [-0.15, -0.1) is 0 Å². The molecule has 0 spiro atoms. The Balaban J connectivity index is 1.77. The molecule has 1 fully saturated rings. The van der Waals surface area contributed by atoms with Gasteiger partial charge in [0.2, 0.25) is 0 Å². The number of rotatable bonds is 6. The highest BCUT2D eigenvalue weighted by Crippen LogP contribution is 2.31. The van der Waals surface area contributed by atoms with Crippen LogP contribution < -0.4 is 5.32 Å². The first-order valence-corrected chi connectivity index (χ1v) is 6.24. The summed E-state index contributed by atoms with van der Waals surface area (Å²) in [6.45, 7) is 6.34. The molecule has 0 saturated heterocycles. The molecule has 2 rings (SSSR count). The van der Waals surface area contributed by atoms with Crippen LogP contribution in [0, 0.1) is 11.8 Å². The first-order valence-electron chi connectivity index (χ1n) is 6.24. The molecule has 0 unspecified atom stereocenters. The number of nitrogens with one attached hydrogen (secondary N) is 1. The van der Waals surface area contributed by atoms with Gasteiger partial charge in [0.25, 0.3) is 0 Å². The van der Waals surface area contributed by atoms with E-state index in [0.29, 0.717) is 5.92 Å². The van der Waals surface area contributed by atoms with E-state index in [9.17, 15) is 0 Å². The second-order valence-corrected chi connectivity index (χ2v) is 5.18. The minimum Gasteiger partial charge on any atom is -0.312 e. The smallest absolute Gasteiger partial charge is 0.128 e. The van der Waals surface area contributed by atoms with Crippen molar-refractivity contribution in [1.29, 1.82) is 0 Å². The molecule has 1 aromatic heterocycles. The molecule has 88 valence electrons. The molecule has 3 heteroatoms. The zero-order valence-corrected chi connectivity index (χ0v) is 10.2. The molecule has 0 amide bonds. The monoisotopic (exact) mass is 219 g/mol. The third-order valence-electron chi connectivity index (χ3n) is 2.81. The maximum Gasteiger partial charge on any atom is 0.128 e. The Morgan fingerprint density at radius 2 is 2.00 bits per heavy atom. The number of nitrogens with zero attached hydrogens (tertiary/aromatic N) is 2. The SMILES string of the molecule is CC(C)CNCc1cnc(CC2CC2)nc1. The molecule has 1 aliphatic carbocycles. The van der Waals surface area contributed by atoms with Gasteiger partial charge in [-0.1, -0.05) is 13.8 Å². The Labute approximate surface area is 97.7 Å². The molecule has 1 aliphatic rings. The first-order chi connectivity index (χ1) is 7.74. The Hall–Kier alpha value is -0.960. The lowest BCUT2D eigenvalue weighted by Crippen LogP contribution is -2.19. The Bertz CT molecular complexity index is 314. The van der Waals surface area contributed by atoms with Crippen molar-refractivity contribution >= 4 is 0 Å². The van der Waals surface area contributed by atoms with Gasteiger partial charge in [0.05, 0.1) is 0 Å². The van der Waals surface area contributed by atoms with E-state index >= 15 is 0 Å². The predicted molar refractivity (Wildman–Crippen MR) is 65.0 cm³/mol. The average molecular weight is 219 g/mol.